The Kier molecular flexibility index (Phi) is 9.55. The molecule has 0 N–H and O–H groups in total. The largest absolute Gasteiger partial charge is 0.305 e. The third-order valence-corrected chi connectivity index (χ3v) is 5.19. The van der Waals surface area contributed by atoms with Gasteiger partial charge in [0.05, 0.1) is 6.07 Å². The number of nitrogens with zero attached hydrogens (tertiary/aromatic N) is 5. The Hall–Kier alpha value is -4.92. The molecule has 0 aliphatic rings. The van der Waals surface area contributed by atoms with E-state index in [2.05, 4.69) is 26.9 Å². The van der Waals surface area contributed by atoms with Crippen molar-refractivity contribution in [2.24, 2.45) is 0 Å². The maximum Gasteiger partial charge on any atom is 0.254 e. The fourth-order valence-corrected chi connectivity index (χ4v) is 3.42. The molecule has 2 heterocycles. The van der Waals surface area contributed by atoms with E-state index < -0.39 is 0 Å². The minimum absolute atomic E-state index is 0. The molecular weight excluding hydrogens is 635 g/mol. The third-order valence-electron chi connectivity index (χ3n) is 5.19. The topological polar surface area (TPSA) is 77.7 Å². The molecule has 0 unspecified atom stereocenters. The molecule has 0 atom stereocenters. The molecule has 3 aromatic carbocycles. The van der Waals surface area contributed by atoms with E-state index in [1.54, 1.807) is 18.5 Å². The van der Waals surface area contributed by atoms with Gasteiger partial charge in [0, 0.05) is 43.8 Å². The summed E-state index contributed by atoms with van der Waals surface area (Å²) in [5, 5.41) is 18.2. The quantitative estimate of drug-likeness (QED) is 0.196. The summed E-state index contributed by atoms with van der Waals surface area (Å²) >= 11 is 0. The monoisotopic (exact) mass is 652 g/mol. The maximum absolute atomic E-state index is 9.15. The molecule has 0 spiro atoms. The Morgan fingerprint density at radius 2 is 1.57 bits per heavy atom. The van der Waals surface area contributed by atoms with Crippen molar-refractivity contribution in [2.45, 2.75) is 0 Å². The van der Waals surface area contributed by atoms with Crippen LogP contribution in [0.1, 0.15) is 11.1 Å². The summed E-state index contributed by atoms with van der Waals surface area (Å²) in [6.45, 7) is 7.29. The van der Waals surface area contributed by atoms with Gasteiger partial charge in [-0.15, -0.1) is 35.9 Å². The first kappa shape index (κ1) is 26.7. The van der Waals surface area contributed by atoms with Crippen LogP contribution in [0, 0.1) is 41.4 Å². The van der Waals surface area contributed by atoms with E-state index in [0.29, 0.717) is 11.3 Å². The van der Waals surface area contributed by atoms with Crippen molar-refractivity contribution in [3.63, 3.8) is 0 Å². The summed E-state index contributed by atoms with van der Waals surface area (Å²) in [5.74, 6) is 0. The Morgan fingerprint density at radius 3 is 2.16 bits per heavy atom. The molecule has 5 rings (SSSR count). The number of aromatic nitrogens is 2. The number of hydrogen-bond acceptors (Lipinski definition) is 4. The van der Waals surface area contributed by atoms with Crippen LogP contribution < -0.4 is 0 Å². The molecule has 0 saturated heterocycles. The molecule has 5 nitrogen and oxygen atoms in total. The molecule has 0 fully saturated rings. The zero-order chi connectivity index (χ0) is 25.2. The minimum Gasteiger partial charge on any atom is -0.305 e. The molecule has 2 aromatic heterocycles. The van der Waals surface area contributed by atoms with Gasteiger partial charge >= 0.3 is 0 Å². The van der Waals surface area contributed by atoms with Crippen molar-refractivity contribution in [3.05, 3.63) is 138 Å². The van der Waals surface area contributed by atoms with Gasteiger partial charge in [-0.05, 0) is 46.1 Å². The fraction of sp³-hybridized carbons (Fsp3) is 0. The van der Waals surface area contributed by atoms with Gasteiger partial charge < -0.3 is 4.98 Å². The van der Waals surface area contributed by atoms with Crippen LogP contribution in [-0.4, -0.2) is 9.97 Å². The van der Waals surface area contributed by atoms with Gasteiger partial charge in [0.2, 0.25) is 0 Å². The zero-order valence-electron chi connectivity index (χ0n) is 19.4. The van der Waals surface area contributed by atoms with Crippen LogP contribution in [-0.2, 0) is 20.1 Å². The van der Waals surface area contributed by atoms with Gasteiger partial charge in [0.15, 0.2) is 0 Å². The molecule has 0 saturated carbocycles. The van der Waals surface area contributed by atoms with Crippen LogP contribution in [0.5, 0.6) is 0 Å². The molecule has 0 bridgehead atoms. The predicted octanol–water partition coefficient (Wildman–Crippen LogP) is 7.06. The first-order valence-electron chi connectivity index (χ1n) is 10.9. The van der Waals surface area contributed by atoms with Crippen LogP contribution in [0.15, 0.2) is 103 Å². The normalized spacial score (nSPS) is 9.32. The number of nitriles is 2. The first-order chi connectivity index (χ1) is 17.7. The van der Waals surface area contributed by atoms with Crippen LogP contribution >= 0.6 is 0 Å². The summed E-state index contributed by atoms with van der Waals surface area (Å²) < 4.78 is 0. The van der Waals surface area contributed by atoms with Crippen LogP contribution in [0.25, 0.3) is 38.5 Å². The van der Waals surface area contributed by atoms with E-state index in [9.17, 15) is 0 Å². The fourth-order valence-electron chi connectivity index (χ4n) is 3.42. The van der Waals surface area contributed by atoms with E-state index in [1.165, 1.54) is 6.07 Å². The van der Waals surface area contributed by atoms with Crippen molar-refractivity contribution in [1.82, 2.24) is 9.97 Å². The number of hydrogen-bond donors (Lipinski definition) is 0. The maximum atomic E-state index is 9.15. The molecule has 0 amide bonds. The summed E-state index contributed by atoms with van der Waals surface area (Å²) in [4.78, 5) is 12.0. The summed E-state index contributed by atoms with van der Waals surface area (Å²) in [5.41, 5.74) is 5.51. The van der Waals surface area contributed by atoms with Crippen LogP contribution in [0.3, 0.4) is 0 Å². The van der Waals surface area contributed by atoms with Crippen molar-refractivity contribution in [2.75, 3.05) is 0 Å². The van der Waals surface area contributed by atoms with Crippen molar-refractivity contribution in [3.8, 4) is 45.8 Å². The predicted molar refractivity (Wildman–Crippen MR) is 138 cm³/mol. The smallest absolute Gasteiger partial charge is 0.254 e. The van der Waals surface area contributed by atoms with Crippen LogP contribution in [0.4, 0.5) is 5.69 Å². The molecule has 0 aliphatic carbocycles. The van der Waals surface area contributed by atoms with Crippen molar-refractivity contribution < 1.29 is 20.1 Å². The third kappa shape index (κ3) is 6.60. The average Bonchev–Trinajstić information content (AvgIpc) is 2.98. The van der Waals surface area contributed by atoms with Gasteiger partial charge in [-0.1, -0.05) is 60.7 Å². The SMILES string of the molecule is [C-]#[N+]c1cc(C#N)c(C#N)[c-]c1-c1ccc(-c2ccccc2)cn1.[Ir].[c-]1ccccc1-c1ccccn1. The van der Waals surface area contributed by atoms with E-state index in [0.717, 1.165) is 22.4 Å². The second-order valence-corrected chi connectivity index (χ2v) is 7.44. The molecule has 37 heavy (non-hydrogen) atoms. The Bertz CT molecular complexity index is 1540. The molecule has 177 valence electrons. The summed E-state index contributed by atoms with van der Waals surface area (Å²) in [6, 6.07) is 38.4. The van der Waals surface area contributed by atoms with E-state index in [4.69, 9.17) is 17.1 Å². The van der Waals surface area contributed by atoms with Gasteiger partial charge in [-0.2, -0.15) is 4.85 Å². The van der Waals surface area contributed by atoms with E-state index in [1.807, 2.05) is 91.0 Å². The van der Waals surface area contributed by atoms with Gasteiger partial charge in [0.25, 0.3) is 5.69 Å². The minimum atomic E-state index is 0. The Labute approximate surface area is 229 Å². The molecule has 5 aromatic rings. The van der Waals surface area contributed by atoms with E-state index in [-0.39, 0.29) is 36.9 Å². The van der Waals surface area contributed by atoms with Gasteiger partial charge in [0.1, 0.15) is 6.57 Å². The van der Waals surface area contributed by atoms with Crippen molar-refractivity contribution in [1.29, 1.82) is 10.5 Å². The standard InChI is InChI=1S/C20H9N4.C11H8N.Ir/c1-23-20-10-17(12-22)16(11-21)9-18(20)19-8-7-15(13-24-19)14-5-3-2-4-6-14;1-2-6-10(7-3-1)11-8-4-5-9-12-11;/h2-8,10,13H;1-6,8-9H;/q2*-1;. The summed E-state index contributed by atoms with van der Waals surface area (Å²) in [6.07, 6.45) is 3.51. The number of rotatable bonds is 3. The molecule has 0 aliphatic heterocycles. The second kappa shape index (κ2) is 13.2. The molecular formula is C31H17IrN5-2. The number of benzene rings is 3. The van der Waals surface area contributed by atoms with Gasteiger partial charge in [-0.25, -0.2) is 10.5 Å². The number of pyridine rings is 2. The van der Waals surface area contributed by atoms with Gasteiger partial charge in [-0.3, -0.25) is 4.98 Å². The van der Waals surface area contributed by atoms with E-state index >= 15 is 0 Å². The summed E-state index contributed by atoms with van der Waals surface area (Å²) in [7, 11) is 0. The van der Waals surface area contributed by atoms with Crippen molar-refractivity contribution >= 4 is 5.69 Å². The molecule has 1 radical (unpaired) electrons. The Morgan fingerprint density at radius 1 is 0.784 bits per heavy atom. The Balaban J connectivity index is 0.000000246. The van der Waals surface area contributed by atoms with Crippen LogP contribution in [0.2, 0.25) is 0 Å². The zero-order valence-corrected chi connectivity index (χ0v) is 21.8. The molecule has 6 heteroatoms. The second-order valence-electron chi connectivity index (χ2n) is 7.44. The first-order valence-corrected chi connectivity index (χ1v) is 10.9. The average molecular weight is 652 g/mol.